The summed E-state index contributed by atoms with van der Waals surface area (Å²) in [5, 5.41) is 0. The normalized spacial score (nSPS) is 27.6. The fourth-order valence-corrected chi connectivity index (χ4v) is 1.07. The summed E-state index contributed by atoms with van der Waals surface area (Å²) in [5.74, 6) is -1.05. The van der Waals surface area contributed by atoms with Gasteiger partial charge in [-0.25, -0.2) is 0 Å². The first kappa shape index (κ1) is 5.88. The Bertz CT molecular complexity index is 197. The number of carbonyl (C=O) groups excluding carboxylic acids is 1. The van der Waals surface area contributed by atoms with Crippen molar-refractivity contribution in [2.75, 3.05) is 6.54 Å². The molecule has 4 nitrogen and oxygen atoms in total. The molecule has 0 bridgehead atoms. The Morgan fingerprint density at radius 1 is 1.70 bits per heavy atom. The monoisotopic (exact) mass is 141 g/mol. The van der Waals surface area contributed by atoms with Crippen LogP contribution in [0.3, 0.4) is 0 Å². The van der Waals surface area contributed by atoms with Gasteiger partial charge in [-0.1, -0.05) is 6.58 Å². The highest BCUT2D eigenvalue weighted by atomic mass is 17.4. The van der Waals surface area contributed by atoms with Gasteiger partial charge < -0.3 is 4.90 Å². The standard InChI is InChI=1S/C6H7NO3/c1-2-7-4-3-6(5(7)8)9-10-6/h2H,1,3-4H2. The van der Waals surface area contributed by atoms with E-state index in [1.807, 2.05) is 0 Å². The molecule has 2 rings (SSSR count). The molecular weight excluding hydrogens is 134 g/mol. The zero-order valence-corrected chi connectivity index (χ0v) is 5.37. The average molecular weight is 141 g/mol. The minimum atomic E-state index is -0.909. The van der Waals surface area contributed by atoms with Crippen molar-refractivity contribution in [1.82, 2.24) is 4.90 Å². The number of hydrogen-bond acceptors (Lipinski definition) is 3. The molecule has 0 unspecified atom stereocenters. The molecule has 0 saturated carbocycles. The smallest absolute Gasteiger partial charge is 0.313 e. The van der Waals surface area contributed by atoms with E-state index in [1.165, 1.54) is 11.1 Å². The van der Waals surface area contributed by atoms with Crippen molar-refractivity contribution < 1.29 is 14.6 Å². The maximum absolute atomic E-state index is 11.1. The number of likely N-dealkylation sites (tertiary alicyclic amines) is 1. The molecule has 0 N–H and O–H groups in total. The van der Waals surface area contributed by atoms with Gasteiger partial charge in [0.15, 0.2) is 0 Å². The zero-order valence-electron chi connectivity index (χ0n) is 5.37. The van der Waals surface area contributed by atoms with Crippen LogP contribution in [0.2, 0.25) is 0 Å². The van der Waals surface area contributed by atoms with Crippen molar-refractivity contribution >= 4 is 5.91 Å². The van der Waals surface area contributed by atoms with Gasteiger partial charge in [-0.3, -0.25) is 4.79 Å². The van der Waals surface area contributed by atoms with Gasteiger partial charge in [-0.2, -0.15) is 9.78 Å². The van der Waals surface area contributed by atoms with E-state index in [4.69, 9.17) is 0 Å². The fraction of sp³-hybridized carbons (Fsp3) is 0.500. The third-order valence-corrected chi connectivity index (χ3v) is 1.77. The second kappa shape index (κ2) is 1.59. The molecule has 0 radical (unpaired) electrons. The van der Waals surface area contributed by atoms with Crippen molar-refractivity contribution in [2.24, 2.45) is 0 Å². The summed E-state index contributed by atoms with van der Waals surface area (Å²) in [6.45, 7) is 4.12. The lowest BCUT2D eigenvalue weighted by Crippen LogP contribution is -2.26. The van der Waals surface area contributed by atoms with Crippen LogP contribution in [0.1, 0.15) is 6.42 Å². The largest absolute Gasteiger partial charge is 0.315 e. The van der Waals surface area contributed by atoms with E-state index in [1.54, 1.807) is 0 Å². The Balaban J connectivity index is 2.19. The quantitative estimate of drug-likeness (QED) is 0.382. The number of carbonyl (C=O) groups is 1. The molecule has 1 amide bonds. The summed E-state index contributed by atoms with van der Waals surface area (Å²) in [6.07, 6.45) is 2.10. The van der Waals surface area contributed by atoms with Crippen LogP contribution in [0.5, 0.6) is 0 Å². The van der Waals surface area contributed by atoms with Gasteiger partial charge in [0.05, 0.1) is 0 Å². The summed E-state index contributed by atoms with van der Waals surface area (Å²) < 4.78 is 0. The topological polar surface area (TPSA) is 45.4 Å². The van der Waals surface area contributed by atoms with Gasteiger partial charge in [-0.15, -0.1) is 0 Å². The maximum atomic E-state index is 11.1. The summed E-state index contributed by atoms with van der Waals surface area (Å²) in [5.41, 5.74) is 0. The molecule has 54 valence electrons. The molecule has 2 heterocycles. The number of hydrogen-bond donors (Lipinski definition) is 0. The van der Waals surface area contributed by atoms with Crippen molar-refractivity contribution in [1.29, 1.82) is 0 Å². The molecule has 0 aromatic heterocycles. The minimum Gasteiger partial charge on any atom is -0.315 e. The Labute approximate surface area is 57.9 Å². The SMILES string of the molecule is C=CN1CCC2(OO2)C1=O. The first-order valence-corrected chi connectivity index (χ1v) is 3.09. The van der Waals surface area contributed by atoms with Crippen molar-refractivity contribution in [3.8, 4) is 0 Å². The van der Waals surface area contributed by atoms with Crippen LogP contribution in [-0.2, 0) is 14.6 Å². The van der Waals surface area contributed by atoms with E-state index < -0.39 is 5.79 Å². The predicted octanol–water partition coefficient (Wildman–Crippen LogP) is 0.0203. The molecule has 0 atom stereocenters. The summed E-state index contributed by atoms with van der Waals surface area (Å²) in [4.78, 5) is 21.7. The number of nitrogens with zero attached hydrogens (tertiary/aromatic N) is 1. The summed E-state index contributed by atoms with van der Waals surface area (Å²) in [6, 6.07) is 0. The zero-order chi connectivity index (χ0) is 7.19. The number of amides is 1. The Kier molecular flexibility index (Phi) is 0.934. The molecule has 2 aliphatic rings. The van der Waals surface area contributed by atoms with Crippen LogP contribution in [0.15, 0.2) is 12.8 Å². The molecule has 0 aromatic rings. The third-order valence-electron chi connectivity index (χ3n) is 1.77. The summed E-state index contributed by atoms with van der Waals surface area (Å²) in [7, 11) is 0. The van der Waals surface area contributed by atoms with Crippen LogP contribution < -0.4 is 0 Å². The van der Waals surface area contributed by atoms with Gasteiger partial charge in [-0.05, 0) is 6.20 Å². The predicted molar refractivity (Wildman–Crippen MR) is 31.4 cm³/mol. The highest BCUT2D eigenvalue weighted by Gasteiger charge is 2.61. The molecule has 2 fully saturated rings. The fourth-order valence-electron chi connectivity index (χ4n) is 1.07. The van der Waals surface area contributed by atoms with Crippen LogP contribution in [-0.4, -0.2) is 23.1 Å². The lowest BCUT2D eigenvalue weighted by molar-refractivity contribution is -0.130. The Morgan fingerprint density at radius 3 is 2.70 bits per heavy atom. The Morgan fingerprint density at radius 2 is 2.40 bits per heavy atom. The molecule has 10 heavy (non-hydrogen) atoms. The van der Waals surface area contributed by atoms with E-state index >= 15 is 0 Å². The van der Waals surface area contributed by atoms with E-state index in [-0.39, 0.29) is 5.91 Å². The molecule has 0 aromatic carbocycles. The van der Waals surface area contributed by atoms with E-state index in [9.17, 15) is 4.79 Å². The van der Waals surface area contributed by atoms with E-state index in [0.717, 1.165) is 0 Å². The van der Waals surface area contributed by atoms with E-state index in [2.05, 4.69) is 16.4 Å². The first-order valence-electron chi connectivity index (χ1n) is 3.09. The van der Waals surface area contributed by atoms with Gasteiger partial charge in [0.2, 0.25) is 0 Å². The van der Waals surface area contributed by atoms with Crippen molar-refractivity contribution in [2.45, 2.75) is 12.2 Å². The van der Waals surface area contributed by atoms with Crippen LogP contribution in [0, 0.1) is 0 Å². The average Bonchev–Trinajstić information content (AvgIpc) is 2.63. The molecule has 2 aliphatic heterocycles. The van der Waals surface area contributed by atoms with Gasteiger partial charge in [0, 0.05) is 13.0 Å². The first-order chi connectivity index (χ1) is 4.78. The molecule has 0 aliphatic carbocycles. The lowest BCUT2D eigenvalue weighted by Gasteiger charge is -2.05. The van der Waals surface area contributed by atoms with Crippen LogP contribution >= 0.6 is 0 Å². The second-order valence-electron chi connectivity index (χ2n) is 2.35. The Hall–Kier alpha value is -0.870. The lowest BCUT2D eigenvalue weighted by atomic mass is 10.3. The van der Waals surface area contributed by atoms with Crippen molar-refractivity contribution in [3.05, 3.63) is 12.8 Å². The molecular formula is C6H7NO3. The van der Waals surface area contributed by atoms with E-state index in [0.29, 0.717) is 13.0 Å². The second-order valence-corrected chi connectivity index (χ2v) is 2.35. The highest BCUT2D eigenvalue weighted by molar-refractivity contribution is 5.87. The van der Waals surface area contributed by atoms with Crippen LogP contribution in [0.25, 0.3) is 0 Å². The van der Waals surface area contributed by atoms with Gasteiger partial charge in [0.25, 0.3) is 5.91 Å². The van der Waals surface area contributed by atoms with Crippen molar-refractivity contribution in [3.63, 3.8) is 0 Å². The number of rotatable bonds is 1. The summed E-state index contributed by atoms with van der Waals surface area (Å²) >= 11 is 0. The van der Waals surface area contributed by atoms with Gasteiger partial charge >= 0.3 is 5.79 Å². The minimum absolute atomic E-state index is 0.137. The van der Waals surface area contributed by atoms with Crippen LogP contribution in [0.4, 0.5) is 0 Å². The highest BCUT2D eigenvalue weighted by Crippen LogP contribution is 2.39. The third kappa shape index (κ3) is 0.547. The van der Waals surface area contributed by atoms with Gasteiger partial charge in [0.1, 0.15) is 0 Å². The maximum Gasteiger partial charge on any atom is 0.313 e. The molecule has 2 saturated heterocycles. The molecule has 1 spiro atoms. The molecule has 4 heteroatoms.